The third-order valence-electron chi connectivity index (χ3n) is 4.50. The van der Waals surface area contributed by atoms with Crippen LogP contribution in [-0.2, 0) is 0 Å². The predicted molar refractivity (Wildman–Crippen MR) is 125 cm³/mol. The number of hydrogen-bond acceptors (Lipinski definition) is 2. The van der Waals surface area contributed by atoms with Crippen LogP contribution in [0.1, 0.15) is 18.4 Å². The predicted octanol–water partition coefficient (Wildman–Crippen LogP) is 9.23. The van der Waals surface area contributed by atoms with Crippen LogP contribution in [0.25, 0.3) is 5.57 Å². The van der Waals surface area contributed by atoms with Crippen LogP contribution in [-0.4, -0.2) is 0 Å². The molecule has 0 saturated carbocycles. The molecule has 0 N–H and O–H groups in total. The lowest BCUT2D eigenvalue weighted by Crippen LogP contribution is -1.99. The topological polar surface area (TPSA) is 18.5 Å². The fraction of sp³-hybridized carbons (Fsp3) is 0.0833. The summed E-state index contributed by atoms with van der Waals surface area (Å²) in [5.41, 5.74) is 2.29. The molecule has 0 aromatic heterocycles. The van der Waals surface area contributed by atoms with E-state index in [0.29, 0.717) is 37.3 Å². The van der Waals surface area contributed by atoms with Gasteiger partial charge in [0.25, 0.3) is 0 Å². The van der Waals surface area contributed by atoms with Crippen LogP contribution in [0.4, 0.5) is 0 Å². The zero-order valence-corrected chi connectivity index (χ0v) is 18.7. The second kappa shape index (κ2) is 9.36. The molecule has 0 amide bonds. The van der Waals surface area contributed by atoms with Gasteiger partial charge in [0.15, 0.2) is 0 Å². The van der Waals surface area contributed by atoms with Gasteiger partial charge in [-0.25, -0.2) is 0 Å². The molecular weight excluding hydrogens is 462 g/mol. The smallest absolute Gasteiger partial charge is 0.130 e. The second-order valence-corrected chi connectivity index (χ2v) is 8.41. The highest BCUT2D eigenvalue weighted by Crippen LogP contribution is 2.33. The Bertz CT molecular complexity index is 1110. The summed E-state index contributed by atoms with van der Waals surface area (Å²) in [4.78, 5) is 0. The first-order chi connectivity index (χ1) is 14.5. The van der Waals surface area contributed by atoms with E-state index in [1.807, 2.05) is 30.3 Å². The molecule has 0 aliphatic heterocycles. The van der Waals surface area contributed by atoms with Gasteiger partial charge in [-0.2, -0.15) is 0 Å². The van der Waals surface area contributed by atoms with Crippen molar-refractivity contribution in [1.29, 1.82) is 0 Å². The molecule has 0 bridgehead atoms. The lowest BCUT2D eigenvalue weighted by Gasteiger charge is -2.16. The summed E-state index contributed by atoms with van der Waals surface area (Å²) in [6, 6.07) is 18.2. The summed E-state index contributed by atoms with van der Waals surface area (Å²) in [7, 11) is 0. The monoisotopic (exact) mass is 476 g/mol. The molecule has 3 aromatic rings. The Kier molecular flexibility index (Phi) is 6.60. The van der Waals surface area contributed by atoms with Crippen molar-refractivity contribution >= 4 is 52.0 Å². The molecule has 152 valence electrons. The maximum Gasteiger partial charge on any atom is 0.130 e. The zero-order valence-electron chi connectivity index (χ0n) is 15.7. The molecule has 6 heteroatoms. The van der Waals surface area contributed by atoms with E-state index in [2.05, 4.69) is 6.08 Å². The zero-order chi connectivity index (χ0) is 21.1. The molecule has 4 rings (SSSR count). The van der Waals surface area contributed by atoms with E-state index >= 15 is 0 Å². The van der Waals surface area contributed by atoms with Crippen molar-refractivity contribution < 1.29 is 9.47 Å². The molecule has 1 aliphatic rings. The van der Waals surface area contributed by atoms with Gasteiger partial charge in [0.2, 0.25) is 0 Å². The molecule has 0 atom stereocenters. The van der Waals surface area contributed by atoms with Crippen molar-refractivity contribution in [2.75, 3.05) is 0 Å². The quantitative estimate of drug-likeness (QED) is 0.364. The first-order valence-electron chi connectivity index (χ1n) is 9.24. The number of ether oxygens (including phenoxy) is 2. The lowest BCUT2D eigenvalue weighted by molar-refractivity contribution is 0.440. The van der Waals surface area contributed by atoms with E-state index in [9.17, 15) is 0 Å². The van der Waals surface area contributed by atoms with E-state index in [1.165, 1.54) is 5.57 Å². The van der Waals surface area contributed by atoms with Crippen molar-refractivity contribution in [3.63, 3.8) is 0 Å². The molecule has 30 heavy (non-hydrogen) atoms. The fourth-order valence-corrected chi connectivity index (χ4v) is 3.90. The van der Waals surface area contributed by atoms with Gasteiger partial charge in [-0.15, -0.1) is 0 Å². The van der Waals surface area contributed by atoms with Crippen molar-refractivity contribution in [3.8, 4) is 17.2 Å². The average molecular weight is 478 g/mol. The van der Waals surface area contributed by atoms with Crippen LogP contribution in [0.5, 0.6) is 17.2 Å². The molecule has 1 aliphatic carbocycles. The van der Waals surface area contributed by atoms with Gasteiger partial charge in [-0.1, -0.05) is 58.5 Å². The summed E-state index contributed by atoms with van der Waals surface area (Å²) in [5, 5.41) is 2.03. The number of benzene rings is 3. The summed E-state index contributed by atoms with van der Waals surface area (Å²) < 4.78 is 11.8. The average Bonchev–Trinajstić information content (AvgIpc) is 2.71. The molecule has 0 fully saturated rings. The Morgan fingerprint density at radius 1 is 0.633 bits per heavy atom. The van der Waals surface area contributed by atoms with E-state index < -0.39 is 0 Å². The van der Waals surface area contributed by atoms with Gasteiger partial charge in [0.05, 0.1) is 10.0 Å². The van der Waals surface area contributed by atoms with Crippen LogP contribution in [0.15, 0.2) is 78.6 Å². The lowest BCUT2D eigenvalue weighted by atomic mass is 9.96. The highest BCUT2D eigenvalue weighted by atomic mass is 35.5. The van der Waals surface area contributed by atoms with Crippen LogP contribution < -0.4 is 9.47 Å². The molecule has 0 heterocycles. The third kappa shape index (κ3) is 5.33. The molecule has 0 spiro atoms. The Morgan fingerprint density at radius 2 is 1.33 bits per heavy atom. The third-order valence-corrected chi connectivity index (χ3v) is 5.67. The fourth-order valence-electron chi connectivity index (χ4n) is 3.11. The van der Waals surface area contributed by atoms with Crippen LogP contribution in [0.3, 0.4) is 0 Å². The molecule has 0 unspecified atom stereocenters. The van der Waals surface area contributed by atoms with Crippen molar-refractivity contribution in [2.24, 2.45) is 0 Å². The van der Waals surface area contributed by atoms with Crippen molar-refractivity contribution in [3.05, 3.63) is 104 Å². The first kappa shape index (κ1) is 21.1. The Morgan fingerprint density at radius 3 is 2.03 bits per heavy atom. The minimum Gasteiger partial charge on any atom is -0.458 e. The Hall–Kier alpha value is -2.10. The highest BCUT2D eigenvalue weighted by molar-refractivity contribution is 6.42. The van der Waals surface area contributed by atoms with Gasteiger partial charge in [0, 0.05) is 16.1 Å². The van der Waals surface area contributed by atoms with Gasteiger partial charge >= 0.3 is 0 Å². The minimum atomic E-state index is 0.464. The van der Waals surface area contributed by atoms with E-state index in [-0.39, 0.29) is 0 Å². The summed E-state index contributed by atoms with van der Waals surface area (Å²) in [5.74, 6) is 2.73. The van der Waals surface area contributed by atoms with Crippen LogP contribution in [0.2, 0.25) is 20.1 Å². The Labute approximate surface area is 195 Å². The maximum atomic E-state index is 6.07. The molecule has 0 radical (unpaired) electrons. The maximum absolute atomic E-state index is 6.07. The minimum absolute atomic E-state index is 0.464. The van der Waals surface area contributed by atoms with E-state index in [1.54, 1.807) is 36.4 Å². The Balaban J connectivity index is 1.48. The van der Waals surface area contributed by atoms with Gasteiger partial charge in [-0.3, -0.25) is 0 Å². The number of hydrogen-bond donors (Lipinski definition) is 0. The normalized spacial score (nSPS) is 13.5. The number of rotatable bonds is 5. The van der Waals surface area contributed by atoms with Gasteiger partial charge < -0.3 is 9.47 Å². The van der Waals surface area contributed by atoms with E-state index in [4.69, 9.17) is 55.9 Å². The summed E-state index contributed by atoms with van der Waals surface area (Å²) >= 11 is 24.1. The summed E-state index contributed by atoms with van der Waals surface area (Å²) in [6.07, 6.45) is 5.92. The molecule has 2 nitrogen and oxygen atoms in total. The largest absolute Gasteiger partial charge is 0.458 e. The standard InChI is InChI=1S/C24H16Cl4O2/c25-17-11-18(26)13-22(12-17)29-19-6-4-15(5-7-19)16-2-1-3-20(10-16)30-21-8-9-23(27)24(28)14-21/h3-14H,1-2H2. The van der Waals surface area contributed by atoms with E-state index in [0.717, 1.165) is 24.2 Å². The van der Waals surface area contributed by atoms with Crippen molar-refractivity contribution in [1.82, 2.24) is 0 Å². The SMILES string of the molecule is Clc1cc(Cl)cc(Oc2ccc(C3=CC(Oc4ccc(Cl)c(Cl)c4)=CCC3)cc2)c1. The molecule has 3 aromatic carbocycles. The highest BCUT2D eigenvalue weighted by Gasteiger charge is 2.11. The van der Waals surface area contributed by atoms with Gasteiger partial charge in [-0.05, 0) is 78.6 Å². The first-order valence-corrected chi connectivity index (χ1v) is 10.8. The van der Waals surface area contributed by atoms with Gasteiger partial charge in [0.1, 0.15) is 23.0 Å². The van der Waals surface area contributed by atoms with Crippen LogP contribution in [0, 0.1) is 0 Å². The molecular formula is C24H16Cl4O2. The number of allylic oxidation sites excluding steroid dienone is 3. The second-order valence-electron chi connectivity index (χ2n) is 6.72. The summed E-state index contributed by atoms with van der Waals surface area (Å²) in [6.45, 7) is 0. The molecule has 0 saturated heterocycles. The van der Waals surface area contributed by atoms with Crippen LogP contribution >= 0.6 is 46.4 Å². The van der Waals surface area contributed by atoms with Crippen molar-refractivity contribution in [2.45, 2.75) is 12.8 Å². The number of halogens is 4.